The number of hydrogen-bond acceptors (Lipinski definition) is 7. The Labute approximate surface area is 218 Å². The summed E-state index contributed by atoms with van der Waals surface area (Å²) in [4.78, 5) is 39.0. The maximum atomic E-state index is 13.2. The van der Waals surface area contributed by atoms with Crippen molar-refractivity contribution in [1.29, 1.82) is 0 Å². The third kappa shape index (κ3) is 5.20. The van der Waals surface area contributed by atoms with E-state index < -0.39 is 28.0 Å². The minimum atomic E-state index is -4.14. The number of aryl methyl sites for hydroxylation is 1. The first-order valence-corrected chi connectivity index (χ1v) is 12.7. The van der Waals surface area contributed by atoms with Crippen LogP contribution in [0.3, 0.4) is 0 Å². The molecule has 3 aromatic rings. The Balaban J connectivity index is 1.67. The number of carbonyl (C=O) groups is 3. The Morgan fingerprint density at radius 2 is 1.65 bits per heavy atom. The largest absolute Gasteiger partial charge is 0.493 e. The molecule has 1 aliphatic heterocycles. The third-order valence-electron chi connectivity index (χ3n) is 5.59. The number of imide groups is 2. The van der Waals surface area contributed by atoms with Gasteiger partial charge in [0.2, 0.25) is 0 Å². The lowest BCUT2D eigenvalue weighted by atomic mass is 10.1. The summed E-state index contributed by atoms with van der Waals surface area (Å²) < 4.78 is 35.9. The standard InChI is InChI=1S/C26H21ClN2O7S/c1-15-7-10-18(11-8-15)37(33,34)36-22-12-9-17(14-23(22)35-3)13-19-24(30)28-26(32)29(25(19)31)21-6-4-5-20(27)16(21)2/h4-14H,1-3H3,(H,28,30,32)/b19-13+. The van der Waals surface area contributed by atoms with E-state index in [1.807, 2.05) is 6.92 Å². The van der Waals surface area contributed by atoms with E-state index in [1.165, 1.54) is 49.6 Å². The molecule has 11 heteroatoms. The van der Waals surface area contributed by atoms with Gasteiger partial charge in [-0.25, -0.2) is 9.69 Å². The number of carbonyl (C=O) groups excluding carboxylic acids is 3. The first-order valence-electron chi connectivity index (χ1n) is 10.9. The molecule has 1 fully saturated rings. The number of urea groups is 1. The monoisotopic (exact) mass is 540 g/mol. The second kappa shape index (κ2) is 10.1. The number of amides is 4. The van der Waals surface area contributed by atoms with Gasteiger partial charge in [0.05, 0.1) is 12.8 Å². The maximum absolute atomic E-state index is 13.2. The van der Waals surface area contributed by atoms with E-state index >= 15 is 0 Å². The molecule has 0 aliphatic carbocycles. The first-order chi connectivity index (χ1) is 17.5. The zero-order valence-corrected chi connectivity index (χ0v) is 21.5. The number of hydrogen-bond donors (Lipinski definition) is 1. The van der Waals surface area contributed by atoms with Crippen molar-refractivity contribution in [3.63, 3.8) is 0 Å². The summed E-state index contributed by atoms with van der Waals surface area (Å²) in [6.07, 6.45) is 1.26. The SMILES string of the molecule is COc1cc(/C=C2\C(=O)NC(=O)N(c3cccc(Cl)c3C)C2=O)ccc1OS(=O)(=O)c1ccc(C)cc1. The summed E-state index contributed by atoms with van der Waals surface area (Å²) in [6, 6.07) is 14.2. The van der Waals surface area contributed by atoms with Crippen LogP contribution in [0.4, 0.5) is 10.5 Å². The van der Waals surface area contributed by atoms with Gasteiger partial charge in [-0.05, 0) is 67.4 Å². The van der Waals surface area contributed by atoms with Gasteiger partial charge in [0.15, 0.2) is 11.5 Å². The lowest BCUT2D eigenvalue weighted by molar-refractivity contribution is -0.122. The average molecular weight is 541 g/mol. The van der Waals surface area contributed by atoms with Gasteiger partial charge in [-0.2, -0.15) is 8.42 Å². The average Bonchev–Trinajstić information content (AvgIpc) is 2.85. The molecule has 1 aliphatic rings. The van der Waals surface area contributed by atoms with Gasteiger partial charge in [0.1, 0.15) is 10.5 Å². The number of barbiturate groups is 1. The van der Waals surface area contributed by atoms with Gasteiger partial charge < -0.3 is 8.92 Å². The number of benzene rings is 3. The van der Waals surface area contributed by atoms with Crippen LogP contribution >= 0.6 is 11.6 Å². The second-order valence-electron chi connectivity index (χ2n) is 8.10. The highest BCUT2D eigenvalue weighted by molar-refractivity contribution is 7.87. The maximum Gasteiger partial charge on any atom is 0.339 e. The van der Waals surface area contributed by atoms with Crippen molar-refractivity contribution in [2.75, 3.05) is 12.0 Å². The molecule has 1 saturated heterocycles. The van der Waals surface area contributed by atoms with E-state index in [4.69, 9.17) is 20.5 Å². The van der Waals surface area contributed by atoms with Crippen LogP contribution in [0.5, 0.6) is 11.5 Å². The Bertz CT molecular complexity index is 1560. The van der Waals surface area contributed by atoms with E-state index in [1.54, 1.807) is 31.2 Å². The summed E-state index contributed by atoms with van der Waals surface area (Å²) in [6.45, 7) is 3.47. The first kappa shape index (κ1) is 25.9. The fourth-order valence-electron chi connectivity index (χ4n) is 3.60. The summed E-state index contributed by atoms with van der Waals surface area (Å²) in [7, 11) is -2.82. The van der Waals surface area contributed by atoms with Gasteiger partial charge in [0, 0.05) is 5.02 Å². The fourth-order valence-corrected chi connectivity index (χ4v) is 4.70. The van der Waals surface area contributed by atoms with Crippen LogP contribution < -0.4 is 19.1 Å². The molecule has 0 bridgehead atoms. The molecule has 0 spiro atoms. The molecule has 1 heterocycles. The van der Waals surface area contributed by atoms with E-state index in [2.05, 4.69) is 5.32 Å². The smallest absolute Gasteiger partial charge is 0.339 e. The van der Waals surface area contributed by atoms with Crippen molar-refractivity contribution in [3.05, 3.63) is 87.9 Å². The van der Waals surface area contributed by atoms with Gasteiger partial charge in [-0.15, -0.1) is 0 Å². The molecule has 0 aromatic heterocycles. The molecular weight excluding hydrogens is 520 g/mol. The predicted octanol–water partition coefficient (Wildman–Crippen LogP) is 4.40. The van der Waals surface area contributed by atoms with Gasteiger partial charge in [-0.3, -0.25) is 14.9 Å². The van der Waals surface area contributed by atoms with Gasteiger partial charge in [0.25, 0.3) is 11.8 Å². The molecule has 0 atom stereocenters. The Morgan fingerprint density at radius 3 is 2.32 bits per heavy atom. The molecular formula is C26H21ClN2O7S. The van der Waals surface area contributed by atoms with E-state index in [9.17, 15) is 22.8 Å². The van der Waals surface area contributed by atoms with Gasteiger partial charge >= 0.3 is 16.1 Å². The number of halogens is 1. The number of nitrogens with zero attached hydrogens (tertiary/aromatic N) is 1. The molecule has 0 radical (unpaired) electrons. The Hall–Kier alpha value is -4.15. The fraction of sp³-hybridized carbons (Fsp3) is 0.115. The lowest BCUT2D eigenvalue weighted by Gasteiger charge is -2.27. The van der Waals surface area contributed by atoms with Crippen molar-refractivity contribution in [2.24, 2.45) is 0 Å². The zero-order valence-electron chi connectivity index (χ0n) is 19.9. The van der Waals surface area contributed by atoms with Crippen LogP contribution in [0.25, 0.3) is 6.08 Å². The number of anilines is 1. The Kier molecular flexibility index (Phi) is 7.06. The highest BCUT2D eigenvalue weighted by Gasteiger charge is 2.37. The molecule has 4 rings (SSSR count). The van der Waals surface area contributed by atoms with Crippen molar-refractivity contribution in [2.45, 2.75) is 18.7 Å². The number of methoxy groups -OCH3 is 1. The van der Waals surface area contributed by atoms with Crippen molar-refractivity contribution in [3.8, 4) is 11.5 Å². The van der Waals surface area contributed by atoms with Crippen LogP contribution in [0.1, 0.15) is 16.7 Å². The minimum absolute atomic E-state index is 0.0307. The normalized spacial score (nSPS) is 15.1. The molecule has 4 amide bonds. The quantitative estimate of drug-likeness (QED) is 0.279. The van der Waals surface area contributed by atoms with Gasteiger partial charge in [-0.1, -0.05) is 41.4 Å². The van der Waals surface area contributed by atoms with Crippen LogP contribution in [0.15, 0.2) is 71.1 Å². The van der Waals surface area contributed by atoms with E-state index in [0.29, 0.717) is 16.1 Å². The topological polar surface area (TPSA) is 119 Å². The highest BCUT2D eigenvalue weighted by atomic mass is 35.5. The van der Waals surface area contributed by atoms with Crippen LogP contribution in [0.2, 0.25) is 5.02 Å². The molecule has 0 unspecified atom stereocenters. The van der Waals surface area contributed by atoms with Crippen molar-refractivity contribution in [1.82, 2.24) is 5.32 Å². The summed E-state index contributed by atoms with van der Waals surface area (Å²) in [5.74, 6) is -1.77. The lowest BCUT2D eigenvalue weighted by Crippen LogP contribution is -2.54. The molecule has 190 valence electrons. The number of nitrogens with one attached hydrogen (secondary N) is 1. The van der Waals surface area contributed by atoms with Crippen LogP contribution in [0, 0.1) is 13.8 Å². The number of rotatable bonds is 6. The minimum Gasteiger partial charge on any atom is -0.493 e. The van der Waals surface area contributed by atoms with E-state index in [0.717, 1.165) is 10.5 Å². The molecule has 1 N–H and O–H groups in total. The summed E-state index contributed by atoms with van der Waals surface area (Å²) >= 11 is 6.14. The van der Waals surface area contributed by atoms with Crippen LogP contribution in [-0.4, -0.2) is 33.4 Å². The van der Waals surface area contributed by atoms with Crippen LogP contribution in [-0.2, 0) is 19.7 Å². The molecule has 37 heavy (non-hydrogen) atoms. The number of ether oxygens (including phenoxy) is 1. The second-order valence-corrected chi connectivity index (χ2v) is 10.1. The van der Waals surface area contributed by atoms with Crippen molar-refractivity contribution >= 4 is 51.3 Å². The molecule has 0 saturated carbocycles. The molecule has 3 aromatic carbocycles. The molecule has 9 nitrogen and oxygen atoms in total. The van der Waals surface area contributed by atoms with Crippen molar-refractivity contribution < 1.29 is 31.7 Å². The predicted molar refractivity (Wildman–Crippen MR) is 137 cm³/mol. The summed E-state index contributed by atoms with van der Waals surface area (Å²) in [5, 5.41) is 2.50. The Morgan fingerprint density at radius 1 is 0.946 bits per heavy atom. The third-order valence-corrected chi connectivity index (χ3v) is 7.25. The zero-order chi connectivity index (χ0) is 26.9. The summed E-state index contributed by atoms with van der Waals surface area (Å²) in [5.41, 5.74) is 1.62. The van der Waals surface area contributed by atoms with E-state index in [-0.39, 0.29) is 27.7 Å². The highest BCUT2D eigenvalue weighted by Crippen LogP contribution is 2.33.